The molecule has 0 spiro atoms. The van der Waals surface area contributed by atoms with Crippen molar-refractivity contribution in [1.29, 1.82) is 0 Å². The summed E-state index contributed by atoms with van der Waals surface area (Å²) >= 11 is 0. The monoisotopic (exact) mass is 232 g/mol. The van der Waals surface area contributed by atoms with Crippen LogP contribution in [-0.4, -0.2) is 31.1 Å². The first-order valence-electron chi connectivity index (χ1n) is 6.79. The highest BCUT2D eigenvalue weighted by Crippen LogP contribution is 2.19. The number of nitrogens with zero attached hydrogens (tertiary/aromatic N) is 1. The quantitative estimate of drug-likeness (QED) is 0.858. The minimum absolute atomic E-state index is 0.507. The molecule has 1 aromatic rings. The maximum absolute atomic E-state index is 3.81. The Morgan fingerprint density at radius 3 is 2.76 bits per heavy atom. The van der Waals surface area contributed by atoms with Gasteiger partial charge in [0.05, 0.1) is 0 Å². The number of hydrogen-bond acceptors (Lipinski definition) is 2. The van der Waals surface area contributed by atoms with Crippen LogP contribution >= 0.6 is 0 Å². The van der Waals surface area contributed by atoms with Crippen molar-refractivity contribution >= 4 is 0 Å². The molecule has 1 aliphatic heterocycles. The van der Waals surface area contributed by atoms with Crippen molar-refractivity contribution in [3.8, 4) is 0 Å². The topological polar surface area (TPSA) is 15.3 Å². The van der Waals surface area contributed by atoms with Gasteiger partial charge in [0, 0.05) is 18.6 Å². The number of rotatable bonds is 4. The van der Waals surface area contributed by atoms with Gasteiger partial charge in [0.25, 0.3) is 0 Å². The first-order chi connectivity index (χ1) is 8.29. The van der Waals surface area contributed by atoms with Gasteiger partial charge in [0.2, 0.25) is 0 Å². The van der Waals surface area contributed by atoms with Crippen molar-refractivity contribution in [1.82, 2.24) is 10.2 Å². The van der Waals surface area contributed by atoms with Gasteiger partial charge in [-0.3, -0.25) is 0 Å². The van der Waals surface area contributed by atoms with Crippen molar-refractivity contribution in [3.63, 3.8) is 0 Å². The van der Waals surface area contributed by atoms with Crippen LogP contribution in [0.25, 0.3) is 0 Å². The van der Waals surface area contributed by atoms with Crippen molar-refractivity contribution in [2.24, 2.45) is 0 Å². The second-order valence-electron chi connectivity index (χ2n) is 5.14. The van der Waals surface area contributed by atoms with Crippen LogP contribution in [0.5, 0.6) is 0 Å². The van der Waals surface area contributed by atoms with E-state index in [0.29, 0.717) is 12.1 Å². The van der Waals surface area contributed by atoms with E-state index in [1.807, 2.05) is 0 Å². The summed E-state index contributed by atoms with van der Waals surface area (Å²) in [7, 11) is 2.22. The van der Waals surface area contributed by atoms with Crippen LogP contribution in [0, 0.1) is 0 Å². The van der Waals surface area contributed by atoms with E-state index in [-0.39, 0.29) is 0 Å². The minimum Gasteiger partial charge on any atom is -0.306 e. The highest BCUT2D eigenvalue weighted by atomic mass is 15.1. The van der Waals surface area contributed by atoms with Gasteiger partial charge in [0.1, 0.15) is 0 Å². The normalized spacial score (nSPS) is 23.5. The van der Waals surface area contributed by atoms with Crippen LogP contribution in [0.15, 0.2) is 30.3 Å². The third kappa shape index (κ3) is 3.55. The van der Waals surface area contributed by atoms with E-state index in [4.69, 9.17) is 0 Å². The second kappa shape index (κ2) is 6.18. The number of likely N-dealkylation sites (N-methyl/N-ethyl adjacent to an activating group) is 1. The maximum Gasteiger partial charge on any atom is 0.0320 e. The number of likely N-dealkylation sites (tertiary alicyclic amines) is 1. The fraction of sp³-hybridized carbons (Fsp3) is 0.600. The lowest BCUT2D eigenvalue weighted by molar-refractivity contribution is 0.215. The fourth-order valence-corrected chi connectivity index (χ4v) is 2.72. The standard InChI is InChI=1S/C15H24N2/c1-3-15(13-8-5-4-6-9-13)16-14-10-7-11-17(2)12-14/h4-6,8-9,14-16H,3,7,10-12H2,1-2H3. The molecule has 2 unspecified atom stereocenters. The molecule has 0 radical (unpaired) electrons. The van der Waals surface area contributed by atoms with Crippen molar-refractivity contribution in [2.45, 2.75) is 38.3 Å². The molecule has 1 N–H and O–H groups in total. The van der Waals surface area contributed by atoms with Gasteiger partial charge in [-0.2, -0.15) is 0 Å². The zero-order valence-corrected chi connectivity index (χ0v) is 11.0. The summed E-state index contributed by atoms with van der Waals surface area (Å²) in [4.78, 5) is 2.43. The van der Waals surface area contributed by atoms with Gasteiger partial charge in [-0.05, 0) is 38.4 Å². The number of piperidine rings is 1. The largest absolute Gasteiger partial charge is 0.306 e. The number of hydrogen-bond donors (Lipinski definition) is 1. The molecule has 1 saturated heterocycles. The molecule has 1 heterocycles. The zero-order chi connectivity index (χ0) is 12.1. The third-order valence-corrected chi connectivity index (χ3v) is 3.67. The first-order valence-corrected chi connectivity index (χ1v) is 6.79. The van der Waals surface area contributed by atoms with E-state index in [9.17, 15) is 0 Å². The van der Waals surface area contributed by atoms with Gasteiger partial charge in [-0.25, -0.2) is 0 Å². The first kappa shape index (κ1) is 12.6. The van der Waals surface area contributed by atoms with E-state index < -0.39 is 0 Å². The maximum atomic E-state index is 3.81. The summed E-state index contributed by atoms with van der Waals surface area (Å²) in [5.74, 6) is 0. The lowest BCUT2D eigenvalue weighted by Crippen LogP contribution is -2.45. The molecule has 0 amide bonds. The second-order valence-corrected chi connectivity index (χ2v) is 5.14. The van der Waals surface area contributed by atoms with Crippen molar-refractivity contribution < 1.29 is 0 Å². The van der Waals surface area contributed by atoms with Crippen molar-refractivity contribution in [2.75, 3.05) is 20.1 Å². The minimum atomic E-state index is 0.507. The van der Waals surface area contributed by atoms with Crippen LogP contribution in [0.4, 0.5) is 0 Å². The molecular weight excluding hydrogens is 208 g/mol. The van der Waals surface area contributed by atoms with Gasteiger partial charge in [-0.15, -0.1) is 0 Å². The Bertz CT molecular complexity index is 323. The molecule has 1 aromatic carbocycles. The Kier molecular flexibility index (Phi) is 4.57. The average Bonchev–Trinajstić information content (AvgIpc) is 2.37. The summed E-state index contributed by atoms with van der Waals surface area (Å²) in [5, 5.41) is 3.81. The van der Waals surface area contributed by atoms with Gasteiger partial charge in [0.15, 0.2) is 0 Å². The molecule has 17 heavy (non-hydrogen) atoms. The highest BCUT2D eigenvalue weighted by molar-refractivity contribution is 5.18. The van der Waals surface area contributed by atoms with E-state index >= 15 is 0 Å². The van der Waals surface area contributed by atoms with Crippen LogP contribution in [0.3, 0.4) is 0 Å². The average molecular weight is 232 g/mol. The Labute approximate surface area is 105 Å². The lowest BCUT2D eigenvalue weighted by Gasteiger charge is -2.33. The Balaban J connectivity index is 1.95. The molecule has 0 saturated carbocycles. The lowest BCUT2D eigenvalue weighted by atomic mass is 10.0. The summed E-state index contributed by atoms with van der Waals surface area (Å²) < 4.78 is 0. The van der Waals surface area contributed by atoms with Gasteiger partial charge >= 0.3 is 0 Å². The third-order valence-electron chi connectivity index (χ3n) is 3.67. The van der Waals surface area contributed by atoms with E-state index in [1.54, 1.807) is 0 Å². The summed E-state index contributed by atoms with van der Waals surface area (Å²) in [6.45, 7) is 4.70. The molecule has 94 valence electrons. The molecule has 1 fully saturated rings. The smallest absolute Gasteiger partial charge is 0.0320 e. The molecular formula is C15H24N2. The van der Waals surface area contributed by atoms with Gasteiger partial charge < -0.3 is 10.2 Å². The molecule has 0 bridgehead atoms. The zero-order valence-electron chi connectivity index (χ0n) is 11.0. The Morgan fingerprint density at radius 2 is 2.12 bits per heavy atom. The molecule has 0 aromatic heterocycles. The molecule has 1 aliphatic rings. The fourth-order valence-electron chi connectivity index (χ4n) is 2.72. The van der Waals surface area contributed by atoms with Gasteiger partial charge in [-0.1, -0.05) is 37.3 Å². The Hall–Kier alpha value is -0.860. The van der Waals surface area contributed by atoms with E-state index in [2.05, 4.69) is 54.5 Å². The SMILES string of the molecule is CCC(NC1CCCN(C)C1)c1ccccc1. The van der Waals surface area contributed by atoms with Crippen LogP contribution in [0.2, 0.25) is 0 Å². The predicted molar refractivity (Wildman–Crippen MR) is 73.1 cm³/mol. The number of benzene rings is 1. The Morgan fingerprint density at radius 1 is 1.35 bits per heavy atom. The summed E-state index contributed by atoms with van der Waals surface area (Å²) in [6, 6.07) is 12.0. The van der Waals surface area contributed by atoms with E-state index in [0.717, 1.165) is 6.42 Å². The highest BCUT2D eigenvalue weighted by Gasteiger charge is 2.20. The number of nitrogens with one attached hydrogen (secondary N) is 1. The molecule has 2 nitrogen and oxygen atoms in total. The van der Waals surface area contributed by atoms with Crippen LogP contribution < -0.4 is 5.32 Å². The van der Waals surface area contributed by atoms with Crippen LogP contribution in [-0.2, 0) is 0 Å². The van der Waals surface area contributed by atoms with Crippen molar-refractivity contribution in [3.05, 3.63) is 35.9 Å². The van der Waals surface area contributed by atoms with E-state index in [1.165, 1.54) is 31.5 Å². The molecule has 2 heteroatoms. The predicted octanol–water partition coefficient (Wildman–Crippen LogP) is 2.82. The molecule has 0 aliphatic carbocycles. The molecule has 2 atom stereocenters. The van der Waals surface area contributed by atoms with Crippen LogP contribution in [0.1, 0.15) is 37.8 Å². The summed E-state index contributed by atoms with van der Waals surface area (Å²) in [6.07, 6.45) is 3.79. The molecule has 2 rings (SSSR count). The summed E-state index contributed by atoms with van der Waals surface area (Å²) in [5.41, 5.74) is 1.42.